The number of Topliss-reactive ketones (excluding diaryl/α,β-unsaturated/α-hetero) is 1. The van der Waals surface area contributed by atoms with Gasteiger partial charge in [-0.15, -0.1) is 0 Å². The van der Waals surface area contributed by atoms with Crippen LogP contribution in [0.4, 0.5) is 5.13 Å². The van der Waals surface area contributed by atoms with Crippen molar-refractivity contribution in [3.05, 3.63) is 93.5 Å². The van der Waals surface area contributed by atoms with Gasteiger partial charge in [0, 0.05) is 10.6 Å². The molecule has 1 amide bonds. The topological polar surface area (TPSA) is 106 Å². The minimum atomic E-state index is -1.03. The van der Waals surface area contributed by atoms with Gasteiger partial charge in [-0.1, -0.05) is 47.7 Å². The number of hydrogen-bond donors (Lipinski definition) is 1. The number of benzene rings is 2. The molecule has 4 rings (SSSR count). The Balaban J connectivity index is 1.88. The predicted octanol–water partition coefficient (Wildman–Crippen LogP) is 5.08. The summed E-state index contributed by atoms with van der Waals surface area (Å²) in [5.41, 5.74) is 1.02. The summed E-state index contributed by atoms with van der Waals surface area (Å²) >= 11 is 7.14. The van der Waals surface area contributed by atoms with Crippen LogP contribution in [0.15, 0.2) is 66.8 Å². The number of hydrogen-bond acceptors (Lipinski definition) is 8. The van der Waals surface area contributed by atoms with E-state index >= 15 is 0 Å². The number of carbonyl (C=O) groups is 3. The number of nitrogens with zero attached hydrogens (tertiary/aromatic N) is 2. The summed E-state index contributed by atoms with van der Waals surface area (Å²) in [4.78, 5) is 44.8. The van der Waals surface area contributed by atoms with Crippen molar-refractivity contribution in [1.29, 1.82) is 0 Å². The van der Waals surface area contributed by atoms with Crippen LogP contribution in [0.5, 0.6) is 5.75 Å². The Hall–Kier alpha value is -3.95. The largest absolute Gasteiger partial charge is 0.507 e. The molecule has 0 radical (unpaired) electrons. The summed E-state index contributed by atoms with van der Waals surface area (Å²) in [5, 5.41) is 11.7. The van der Waals surface area contributed by atoms with Crippen molar-refractivity contribution in [2.75, 3.05) is 18.6 Å². The predicted molar refractivity (Wildman–Crippen MR) is 137 cm³/mol. The maximum atomic E-state index is 13.3. The first-order valence-corrected chi connectivity index (χ1v) is 11.9. The van der Waals surface area contributed by atoms with Crippen molar-refractivity contribution in [3.8, 4) is 5.75 Å². The third-order valence-electron chi connectivity index (χ3n) is 5.48. The van der Waals surface area contributed by atoms with Crippen LogP contribution in [0.2, 0.25) is 5.02 Å². The second kappa shape index (κ2) is 10.3. The molecule has 1 N–H and O–H groups in total. The molecule has 1 unspecified atom stereocenters. The molecule has 1 atom stereocenters. The fraction of sp³-hybridized carbons (Fsp3) is 0.154. The molecule has 10 heteroatoms. The molecular weight excluding hydrogens is 504 g/mol. The van der Waals surface area contributed by atoms with Crippen LogP contribution in [0, 0.1) is 6.92 Å². The van der Waals surface area contributed by atoms with Crippen LogP contribution in [0.1, 0.15) is 32.5 Å². The molecule has 0 saturated carbocycles. The first-order valence-electron chi connectivity index (χ1n) is 10.7. The molecule has 1 fully saturated rings. The number of aromatic nitrogens is 1. The lowest BCUT2D eigenvalue weighted by atomic mass is 9.95. The molecule has 8 nitrogen and oxygen atoms in total. The summed E-state index contributed by atoms with van der Waals surface area (Å²) in [6, 6.07) is 12.0. The first kappa shape index (κ1) is 25.2. The maximum Gasteiger partial charge on any atom is 0.350 e. The highest BCUT2D eigenvalue weighted by atomic mass is 35.5. The average Bonchev–Trinajstić information content (AvgIpc) is 3.38. The number of ketones is 1. The Morgan fingerprint density at radius 3 is 2.61 bits per heavy atom. The second-order valence-corrected chi connectivity index (χ2v) is 9.16. The number of methoxy groups -OCH3 is 1. The van der Waals surface area contributed by atoms with Gasteiger partial charge in [0.25, 0.3) is 5.78 Å². The summed E-state index contributed by atoms with van der Waals surface area (Å²) in [5.74, 6) is -2.20. The number of aliphatic hydroxyl groups is 1. The number of rotatable bonds is 7. The van der Waals surface area contributed by atoms with Crippen LogP contribution < -0.4 is 9.64 Å². The summed E-state index contributed by atoms with van der Waals surface area (Å²) in [7, 11) is 1.51. The Bertz CT molecular complexity index is 1400. The number of anilines is 1. The van der Waals surface area contributed by atoms with Gasteiger partial charge < -0.3 is 14.6 Å². The van der Waals surface area contributed by atoms with Gasteiger partial charge in [-0.3, -0.25) is 14.5 Å². The number of halogens is 1. The smallest absolute Gasteiger partial charge is 0.350 e. The molecule has 0 aliphatic carbocycles. The molecule has 2 heterocycles. The van der Waals surface area contributed by atoms with E-state index in [-0.39, 0.29) is 27.9 Å². The minimum Gasteiger partial charge on any atom is -0.507 e. The van der Waals surface area contributed by atoms with E-state index in [1.807, 2.05) is 0 Å². The SMILES string of the molecule is C=CCOC(=O)c1sc(N2C(=O)C(=O)/C(=C(\O)c3ccc(OC)cc3)C2c2cccc(Cl)c2)nc1C. The molecule has 36 heavy (non-hydrogen) atoms. The van der Waals surface area contributed by atoms with Crippen molar-refractivity contribution in [1.82, 2.24) is 4.98 Å². The molecule has 184 valence electrons. The number of carbonyl (C=O) groups excluding carboxylic acids is 3. The maximum absolute atomic E-state index is 13.3. The Labute approximate surface area is 216 Å². The van der Waals surface area contributed by atoms with Crippen molar-refractivity contribution >= 4 is 51.5 Å². The van der Waals surface area contributed by atoms with Crippen molar-refractivity contribution < 1.29 is 29.0 Å². The minimum absolute atomic E-state index is 0.0143. The van der Waals surface area contributed by atoms with Crippen molar-refractivity contribution in [2.24, 2.45) is 0 Å². The van der Waals surface area contributed by atoms with E-state index < -0.39 is 23.7 Å². The van der Waals surface area contributed by atoms with E-state index in [1.54, 1.807) is 55.5 Å². The van der Waals surface area contributed by atoms with E-state index in [0.29, 0.717) is 27.6 Å². The highest BCUT2D eigenvalue weighted by Crippen LogP contribution is 2.44. The van der Waals surface area contributed by atoms with Gasteiger partial charge in [0.2, 0.25) is 0 Å². The van der Waals surface area contributed by atoms with E-state index in [4.69, 9.17) is 21.1 Å². The zero-order valence-electron chi connectivity index (χ0n) is 19.4. The molecule has 1 aromatic heterocycles. The quantitative estimate of drug-likeness (QED) is 0.151. The van der Waals surface area contributed by atoms with Gasteiger partial charge >= 0.3 is 11.9 Å². The Morgan fingerprint density at radius 2 is 1.97 bits per heavy atom. The fourth-order valence-electron chi connectivity index (χ4n) is 3.80. The number of aryl methyl sites for hydroxylation is 1. The Kier molecular flexibility index (Phi) is 7.23. The lowest BCUT2D eigenvalue weighted by Crippen LogP contribution is -2.29. The molecule has 0 spiro atoms. The summed E-state index contributed by atoms with van der Waals surface area (Å²) < 4.78 is 10.3. The zero-order chi connectivity index (χ0) is 26.0. The van der Waals surface area contributed by atoms with Gasteiger partial charge in [0.15, 0.2) is 5.13 Å². The van der Waals surface area contributed by atoms with E-state index in [0.717, 1.165) is 11.3 Å². The summed E-state index contributed by atoms with van der Waals surface area (Å²) in [6.45, 7) is 5.14. The van der Waals surface area contributed by atoms with Crippen LogP contribution in [0.25, 0.3) is 5.76 Å². The second-order valence-electron chi connectivity index (χ2n) is 7.75. The van der Waals surface area contributed by atoms with Gasteiger partial charge in [-0.05, 0) is 48.9 Å². The zero-order valence-corrected chi connectivity index (χ0v) is 20.9. The molecule has 1 aliphatic heterocycles. The van der Waals surface area contributed by atoms with Crippen LogP contribution >= 0.6 is 22.9 Å². The molecule has 1 saturated heterocycles. The van der Waals surface area contributed by atoms with Gasteiger partial charge in [0.1, 0.15) is 23.0 Å². The van der Waals surface area contributed by atoms with E-state index in [2.05, 4.69) is 11.6 Å². The number of aliphatic hydroxyl groups excluding tert-OH is 1. The molecule has 3 aromatic rings. The van der Waals surface area contributed by atoms with Crippen molar-refractivity contribution in [2.45, 2.75) is 13.0 Å². The lowest BCUT2D eigenvalue weighted by Gasteiger charge is -2.23. The van der Waals surface area contributed by atoms with Crippen molar-refractivity contribution in [3.63, 3.8) is 0 Å². The van der Waals surface area contributed by atoms with Crippen LogP contribution in [0.3, 0.4) is 0 Å². The van der Waals surface area contributed by atoms with E-state index in [1.165, 1.54) is 18.1 Å². The number of ether oxygens (including phenoxy) is 2. The number of thiazole rings is 1. The third kappa shape index (κ3) is 4.62. The van der Waals surface area contributed by atoms with Gasteiger partial charge in [-0.25, -0.2) is 9.78 Å². The Morgan fingerprint density at radius 1 is 1.25 bits per heavy atom. The highest BCUT2D eigenvalue weighted by molar-refractivity contribution is 7.17. The lowest BCUT2D eigenvalue weighted by molar-refractivity contribution is -0.132. The molecular formula is C26H21ClN2O6S. The average molecular weight is 525 g/mol. The molecule has 0 bridgehead atoms. The third-order valence-corrected chi connectivity index (χ3v) is 6.85. The monoisotopic (exact) mass is 524 g/mol. The fourth-order valence-corrected chi connectivity index (χ4v) is 4.99. The standard InChI is InChI=1S/C26H21ClN2O6S/c1-4-12-35-25(33)23-14(2)28-26(36-23)29-20(16-6-5-7-17(27)13-16)19(22(31)24(29)32)21(30)15-8-10-18(34-3)11-9-15/h4-11,13,20,30H,1,12H2,2-3H3/b21-19-. The first-order chi connectivity index (χ1) is 17.3. The van der Waals surface area contributed by atoms with Crippen LogP contribution in [-0.2, 0) is 14.3 Å². The highest BCUT2D eigenvalue weighted by Gasteiger charge is 2.48. The van der Waals surface area contributed by atoms with Crippen LogP contribution in [-0.4, -0.2) is 41.5 Å². The van der Waals surface area contributed by atoms with E-state index in [9.17, 15) is 19.5 Å². The number of esters is 1. The molecule has 1 aliphatic rings. The molecule has 2 aromatic carbocycles. The normalized spacial score (nSPS) is 16.8. The summed E-state index contributed by atoms with van der Waals surface area (Å²) in [6.07, 6.45) is 1.44. The van der Waals surface area contributed by atoms with Gasteiger partial charge in [-0.2, -0.15) is 0 Å². The number of amides is 1. The van der Waals surface area contributed by atoms with Gasteiger partial charge in [0.05, 0.1) is 24.4 Å².